The van der Waals surface area contributed by atoms with Crippen molar-refractivity contribution in [3.05, 3.63) is 64.0 Å². The van der Waals surface area contributed by atoms with E-state index in [1.54, 1.807) is 19.9 Å². The minimum absolute atomic E-state index is 0.0376. The van der Waals surface area contributed by atoms with Crippen molar-refractivity contribution in [2.75, 3.05) is 16.8 Å². The number of nitrogens with zero attached hydrogens (tertiary/aromatic N) is 4. The van der Waals surface area contributed by atoms with Gasteiger partial charge in [0.2, 0.25) is 17.8 Å². The van der Waals surface area contributed by atoms with Gasteiger partial charge in [-0.3, -0.25) is 19.4 Å². The lowest BCUT2D eigenvalue weighted by Crippen LogP contribution is -2.28. The van der Waals surface area contributed by atoms with E-state index in [0.717, 1.165) is 0 Å². The molecule has 2 N–H and O–H groups in total. The highest BCUT2D eigenvalue weighted by molar-refractivity contribution is 6.03. The summed E-state index contributed by atoms with van der Waals surface area (Å²) in [4.78, 5) is 45.3. The number of aryl methyl sites for hydroxylation is 2. The number of aromatic nitrogens is 4. The number of halogens is 1. The van der Waals surface area contributed by atoms with Gasteiger partial charge in [-0.25, -0.2) is 9.37 Å². The first-order valence-corrected chi connectivity index (χ1v) is 9.32. The number of carbonyl (C=O) groups is 2. The molecule has 30 heavy (non-hydrogen) atoms. The topological polar surface area (TPSA) is 113 Å². The Balaban J connectivity index is 1.54. The lowest BCUT2D eigenvalue weighted by Gasteiger charge is -2.16. The quantitative estimate of drug-likeness (QED) is 0.680. The van der Waals surface area contributed by atoms with Gasteiger partial charge in [0.15, 0.2) is 0 Å². The molecule has 1 aliphatic rings. The summed E-state index contributed by atoms with van der Waals surface area (Å²) in [6.07, 6.45) is 0.0376. The number of aromatic amines is 1. The van der Waals surface area contributed by atoms with E-state index in [1.165, 1.54) is 39.9 Å². The fourth-order valence-corrected chi connectivity index (χ4v) is 3.40. The predicted molar refractivity (Wildman–Crippen MR) is 107 cm³/mol. The van der Waals surface area contributed by atoms with Crippen LogP contribution >= 0.6 is 0 Å². The molecular formula is C20H19FN6O3. The summed E-state index contributed by atoms with van der Waals surface area (Å²) < 4.78 is 14.5. The number of hydrogen-bond acceptors (Lipinski definition) is 5. The van der Waals surface area contributed by atoms with Crippen LogP contribution in [-0.4, -0.2) is 38.1 Å². The molecule has 0 unspecified atom stereocenters. The maximum Gasteiger partial charge on any atom is 0.252 e. The van der Waals surface area contributed by atoms with Crippen molar-refractivity contribution in [2.45, 2.75) is 20.3 Å². The summed E-state index contributed by atoms with van der Waals surface area (Å²) in [5.41, 5.74) is 1.33. The number of H-pyrrole nitrogens is 1. The van der Waals surface area contributed by atoms with E-state index in [0.29, 0.717) is 22.9 Å². The number of anilines is 2. The minimum atomic E-state index is -0.587. The number of amides is 2. The Labute approximate surface area is 170 Å². The summed E-state index contributed by atoms with van der Waals surface area (Å²) >= 11 is 0. The molecule has 3 aromatic rings. The molecule has 4 rings (SSSR count). The summed E-state index contributed by atoms with van der Waals surface area (Å²) in [7, 11) is 0. The average Bonchev–Trinajstić information content (AvgIpc) is 3.24. The molecule has 0 spiro atoms. The van der Waals surface area contributed by atoms with Crippen LogP contribution in [0.5, 0.6) is 0 Å². The second-order valence-corrected chi connectivity index (χ2v) is 7.16. The van der Waals surface area contributed by atoms with Gasteiger partial charge in [0.1, 0.15) is 11.6 Å². The zero-order valence-corrected chi connectivity index (χ0v) is 16.3. The van der Waals surface area contributed by atoms with Crippen molar-refractivity contribution in [1.29, 1.82) is 0 Å². The third-order valence-corrected chi connectivity index (χ3v) is 4.77. The smallest absolute Gasteiger partial charge is 0.252 e. The monoisotopic (exact) mass is 410 g/mol. The molecule has 9 nitrogen and oxygen atoms in total. The molecule has 1 fully saturated rings. The number of benzene rings is 1. The van der Waals surface area contributed by atoms with Crippen LogP contribution < -0.4 is 15.8 Å². The molecule has 0 bridgehead atoms. The number of nitrogens with one attached hydrogen (secondary N) is 2. The van der Waals surface area contributed by atoms with E-state index >= 15 is 0 Å². The van der Waals surface area contributed by atoms with Crippen molar-refractivity contribution in [3.63, 3.8) is 0 Å². The summed E-state index contributed by atoms with van der Waals surface area (Å²) in [5, 5.41) is 7.06. The number of carbonyl (C=O) groups excluding carboxylic acids is 2. The van der Waals surface area contributed by atoms with Gasteiger partial charge in [0, 0.05) is 36.5 Å². The number of rotatable bonds is 4. The predicted octanol–water partition coefficient (Wildman–Crippen LogP) is 1.70. The van der Waals surface area contributed by atoms with Crippen LogP contribution in [0.2, 0.25) is 0 Å². The number of hydrogen-bond donors (Lipinski definition) is 2. The van der Waals surface area contributed by atoms with Crippen molar-refractivity contribution in [2.24, 2.45) is 5.92 Å². The third kappa shape index (κ3) is 3.84. The molecule has 0 saturated carbocycles. The Morgan fingerprint density at radius 1 is 1.17 bits per heavy atom. The molecule has 0 aliphatic carbocycles. The molecule has 0 radical (unpaired) electrons. The van der Waals surface area contributed by atoms with E-state index < -0.39 is 11.7 Å². The Morgan fingerprint density at radius 3 is 2.60 bits per heavy atom. The largest absolute Gasteiger partial charge is 0.312 e. The first-order valence-electron chi connectivity index (χ1n) is 9.32. The average molecular weight is 410 g/mol. The molecule has 1 saturated heterocycles. The van der Waals surface area contributed by atoms with Gasteiger partial charge in [-0.1, -0.05) is 0 Å². The zero-order chi connectivity index (χ0) is 21.4. The van der Waals surface area contributed by atoms with E-state index in [4.69, 9.17) is 0 Å². The van der Waals surface area contributed by atoms with Gasteiger partial charge in [0.25, 0.3) is 5.56 Å². The summed E-state index contributed by atoms with van der Waals surface area (Å²) in [6.45, 7) is 3.61. The van der Waals surface area contributed by atoms with Crippen molar-refractivity contribution in [3.8, 4) is 5.95 Å². The molecule has 2 aromatic heterocycles. The van der Waals surface area contributed by atoms with Crippen molar-refractivity contribution in [1.82, 2.24) is 19.7 Å². The van der Waals surface area contributed by atoms with Crippen LogP contribution in [0.3, 0.4) is 0 Å². The maximum absolute atomic E-state index is 13.1. The molecule has 10 heteroatoms. The van der Waals surface area contributed by atoms with Gasteiger partial charge < -0.3 is 10.2 Å². The van der Waals surface area contributed by atoms with E-state index in [2.05, 4.69) is 20.4 Å². The van der Waals surface area contributed by atoms with Crippen LogP contribution in [0.1, 0.15) is 17.8 Å². The molecule has 2 amide bonds. The van der Waals surface area contributed by atoms with Crippen molar-refractivity contribution < 1.29 is 14.0 Å². The lowest BCUT2D eigenvalue weighted by molar-refractivity contribution is -0.122. The van der Waals surface area contributed by atoms with Crippen LogP contribution in [0, 0.1) is 25.6 Å². The van der Waals surface area contributed by atoms with Crippen LogP contribution in [-0.2, 0) is 9.59 Å². The normalized spacial score (nSPS) is 16.2. The fourth-order valence-electron chi connectivity index (χ4n) is 3.40. The van der Waals surface area contributed by atoms with Crippen LogP contribution in [0.4, 0.5) is 15.9 Å². The zero-order valence-electron chi connectivity index (χ0n) is 16.3. The first kappa shape index (κ1) is 19.5. The summed E-state index contributed by atoms with van der Waals surface area (Å²) in [5.74, 6) is -1.04. The van der Waals surface area contributed by atoms with Gasteiger partial charge >= 0.3 is 0 Å². The second kappa shape index (κ2) is 7.54. The highest BCUT2D eigenvalue weighted by Gasteiger charge is 2.35. The Kier molecular flexibility index (Phi) is 4.90. The van der Waals surface area contributed by atoms with Crippen molar-refractivity contribution >= 4 is 23.3 Å². The van der Waals surface area contributed by atoms with Crippen LogP contribution in [0.25, 0.3) is 5.95 Å². The standard InChI is InChI=1S/C20H19FN6O3/c1-11-8-17(28)24-20(22-11)27-16(7-12(2)25-27)23-19(30)13-9-18(29)26(10-13)15-5-3-14(21)4-6-15/h3-8,13H,9-10H2,1-2H3,(H,23,30)(H,22,24,28)/t13-/m0/s1. The Morgan fingerprint density at radius 2 is 1.90 bits per heavy atom. The van der Waals surface area contributed by atoms with Gasteiger partial charge in [-0.2, -0.15) is 9.78 Å². The molecular weight excluding hydrogens is 391 g/mol. The third-order valence-electron chi connectivity index (χ3n) is 4.77. The minimum Gasteiger partial charge on any atom is -0.312 e. The van der Waals surface area contributed by atoms with E-state index in [1.807, 2.05) is 0 Å². The molecule has 3 heterocycles. The highest BCUT2D eigenvalue weighted by atomic mass is 19.1. The first-order chi connectivity index (χ1) is 14.3. The fraction of sp³-hybridized carbons (Fsp3) is 0.250. The van der Waals surface area contributed by atoms with Crippen LogP contribution in [0.15, 0.2) is 41.2 Å². The molecule has 1 atom stereocenters. The SMILES string of the molecule is Cc1cc(=O)[nH]c(-n2nc(C)cc2NC(=O)[C@H]2CC(=O)N(c3ccc(F)cc3)C2)n1. The molecule has 1 aliphatic heterocycles. The summed E-state index contributed by atoms with van der Waals surface area (Å²) in [6, 6.07) is 8.55. The Bertz CT molecular complexity index is 1180. The van der Waals surface area contributed by atoms with Gasteiger partial charge in [-0.15, -0.1) is 0 Å². The van der Waals surface area contributed by atoms with E-state index in [9.17, 15) is 18.8 Å². The highest BCUT2D eigenvalue weighted by Crippen LogP contribution is 2.26. The molecule has 1 aromatic carbocycles. The second-order valence-electron chi connectivity index (χ2n) is 7.16. The van der Waals surface area contributed by atoms with Gasteiger partial charge in [-0.05, 0) is 38.1 Å². The lowest BCUT2D eigenvalue weighted by atomic mass is 10.1. The Hall–Kier alpha value is -3.82. The molecule has 154 valence electrons. The van der Waals surface area contributed by atoms with Gasteiger partial charge in [0.05, 0.1) is 11.6 Å². The van der Waals surface area contributed by atoms with E-state index in [-0.39, 0.29) is 36.3 Å². The maximum atomic E-state index is 13.1.